The quantitative estimate of drug-likeness (QED) is 0.114. The number of rotatable bonds is 23. The van der Waals surface area contributed by atoms with Gasteiger partial charge in [0.2, 0.25) is 0 Å². The van der Waals surface area contributed by atoms with Gasteiger partial charge in [-0.3, -0.25) is 0 Å². The molecule has 0 heterocycles. The Balaban J connectivity index is 0. The molecular weight excluding hydrogens is 438 g/mol. The Morgan fingerprint density at radius 1 is 0.656 bits per heavy atom. The fourth-order valence-electron chi connectivity index (χ4n) is 4.71. The first-order chi connectivity index (χ1) is 14.9. The molecule has 1 atom stereocenters. The minimum absolute atomic E-state index is 0. The van der Waals surface area contributed by atoms with Crippen LogP contribution >= 0.6 is 12.4 Å². The van der Waals surface area contributed by atoms with Crippen LogP contribution in [0.5, 0.6) is 0 Å². The van der Waals surface area contributed by atoms with Gasteiger partial charge in [0.1, 0.15) is 0 Å². The molecule has 0 fully saturated rings. The van der Waals surface area contributed by atoms with E-state index in [-0.39, 0.29) is 17.9 Å². The Hall–Kier alpha value is 0.347. The van der Waals surface area contributed by atoms with Gasteiger partial charge in [-0.15, -0.1) is 12.4 Å². The van der Waals surface area contributed by atoms with Crippen LogP contribution in [0.2, 0.25) is 5.54 Å². The van der Waals surface area contributed by atoms with E-state index in [1.807, 2.05) is 0 Å². The van der Waals surface area contributed by atoms with Gasteiger partial charge in [-0.05, 0) is 39.7 Å². The van der Waals surface area contributed by atoms with Crippen molar-refractivity contribution in [1.82, 2.24) is 5.32 Å². The smallest absolute Gasteiger partial charge is 0.377 e. The third kappa shape index (κ3) is 16.1. The largest absolute Gasteiger partial charge is 0.503 e. The van der Waals surface area contributed by atoms with Crippen LogP contribution in [0, 0.1) is 0 Å². The Kier molecular flexibility index (Phi) is 23.6. The molecule has 0 aromatic carbocycles. The molecule has 1 unspecified atom stereocenters. The van der Waals surface area contributed by atoms with Gasteiger partial charge in [-0.1, -0.05) is 97.3 Å². The summed E-state index contributed by atoms with van der Waals surface area (Å²) in [6.07, 6.45) is 21.3. The van der Waals surface area contributed by atoms with Crippen molar-refractivity contribution < 1.29 is 13.3 Å². The molecule has 0 aliphatic heterocycles. The lowest BCUT2D eigenvalue weighted by Crippen LogP contribution is -2.51. The highest BCUT2D eigenvalue weighted by molar-refractivity contribution is 6.62. The van der Waals surface area contributed by atoms with Gasteiger partial charge in [0.15, 0.2) is 0 Å². The molecule has 0 aliphatic rings. The van der Waals surface area contributed by atoms with Crippen molar-refractivity contribution in [2.24, 2.45) is 0 Å². The average molecular weight is 496 g/mol. The average Bonchev–Trinajstić information content (AvgIpc) is 2.76. The van der Waals surface area contributed by atoms with E-state index >= 15 is 0 Å². The van der Waals surface area contributed by atoms with E-state index in [1.54, 1.807) is 21.3 Å². The minimum Gasteiger partial charge on any atom is -0.377 e. The zero-order valence-corrected chi connectivity index (χ0v) is 24.5. The summed E-state index contributed by atoms with van der Waals surface area (Å²) in [6.45, 7) is 10.1. The van der Waals surface area contributed by atoms with Crippen LogP contribution < -0.4 is 5.32 Å². The highest BCUT2D eigenvalue weighted by atomic mass is 35.5. The second kappa shape index (κ2) is 21.9. The van der Waals surface area contributed by atoms with Gasteiger partial charge < -0.3 is 18.6 Å². The van der Waals surface area contributed by atoms with Crippen LogP contribution in [-0.2, 0) is 13.3 Å². The number of unbranched alkanes of at least 4 members (excludes halogenated alkanes) is 12. The van der Waals surface area contributed by atoms with Crippen LogP contribution in [0.15, 0.2) is 0 Å². The molecule has 6 heteroatoms. The molecule has 196 valence electrons. The maximum absolute atomic E-state index is 5.88. The molecule has 32 heavy (non-hydrogen) atoms. The lowest BCUT2D eigenvalue weighted by Gasteiger charge is -2.38. The van der Waals surface area contributed by atoms with Gasteiger partial charge in [0.25, 0.3) is 0 Å². The Labute approximate surface area is 209 Å². The topological polar surface area (TPSA) is 39.7 Å². The van der Waals surface area contributed by atoms with E-state index in [2.05, 4.69) is 33.0 Å². The molecular formula is C26H58ClNO3Si. The molecule has 0 saturated carbocycles. The van der Waals surface area contributed by atoms with Gasteiger partial charge in [0, 0.05) is 32.4 Å². The number of nitrogens with one attached hydrogen (secondary N) is 1. The molecule has 0 saturated heterocycles. The summed E-state index contributed by atoms with van der Waals surface area (Å²) >= 11 is 0. The molecule has 1 N–H and O–H groups in total. The second-order valence-electron chi connectivity index (χ2n) is 9.96. The third-order valence-electron chi connectivity index (χ3n) is 6.62. The summed E-state index contributed by atoms with van der Waals surface area (Å²) in [6, 6.07) is 0. The standard InChI is InChI=1S/C26H57NO3Si.ClH/c1-8-10-11-12-13-14-15-16-17-18-19-20-21-22-25(31(28-5,29-6)30-7)24-26(3,4)27-23-9-2;/h25,27H,8-24H2,1-7H3;1H. The van der Waals surface area contributed by atoms with E-state index in [1.165, 1.54) is 83.5 Å². The summed E-state index contributed by atoms with van der Waals surface area (Å²) in [5.74, 6) is 0. The lowest BCUT2D eigenvalue weighted by atomic mass is 9.95. The normalized spacial score (nSPS) is 13.2. The second-order valence-corrected chi connectivity index (χ2v) is 13.2. The van der Waals surface area contributed by atoms with E-state index in [9.17, 15) is 0 Å². The fourth-order valence-corrected chi connectivity index (χ4v) is 7.53. The summed E-state index contributed by atoms with van der Waals surface area (Å²) in [7, 11) is 2.62. The van der Waals surface area contributed by atoms with Crippen LogP contribution in [0.25, 0.3) is 0 Å². The summed E-state index contributed by atoms with van der Waals surface area (Å²) in [4.78, 5) is 0. The highest BCUT2D eigenvalue weighted by Gasteiger charge is 2.48. The fraction of sp³-hybridized carbons (Fsp3) is 1.00. The zero-order chi connectivity index (χ0) is 23.4. The van der Waals surface area contributed by atoms with E-state index in [4.69, 9.17) is 13.3 Å². The van der Waals surface area contributed by atoms with Gasteiger partial charge in [0.05, 0.1) is 0 Å². The zero-order valence-electron chi connectivity index (χ0n) is 22.7. The first-order valence-electron chi connectivity index (χ1n) is 13.3. The van der Waals surface area contributed by atoms with Crippen molar-refractivity contribution >= 4 is 21.2 Å². The molecule has 0 aromatic rings. The predicted molar refractivity (Wildman–Crippen MR) is 145 cm³/mol. The molecule has 0 amide bonds. The first kappa shape index (κ1) is 34.5. The lowest BCUT2D eigenvalue weighted by molar-refractivity contribution is 0.102. The molecule has 0 aromatic heterocycles. The SMILES string of the molecule is CCCCCCCCCCCCCCCC(CC(C)(C)NCCC)[Si](OC)(OC)OC.Cl. The minimum atomic E-state index is -2.64. The summed E-state index contributed by atoms with van der Waals surface area (Å²) in [5.41, 5.74) is 0.394. The first-order valence-corrected chi connectivity index (χ1v) is 15.1. The van der Waals surface area contributed by atoms with E-state index < -0.39 is 8.80 Å². The third-order valence-corrected chi connectivity index (χ3v) is 9.82. The molecule has 0 radical (unpaired) electrons. The van der Waals surface area contributed by atoms with E-state index in [0.717, 1.165) is 25.8 Å². The molecule has 0 spiro atoms. The summed E-state index contributed by atoms with van der Waals surface area (Å²) in [5, 5.41) is 3.69. The van der Waals surface area contributed by atoms with Crippen molar-refractivity contribution in [1.29, 1.82) is 0 Å². The predicted octanol–water partition coefficient (Wildman–Crippen LogP) is 8.31. The van der Waals surface area contributed by atoms with Crippen molar-refractivity contribution in [3.05, 3.63) is 0 Å². The molecule has 0 bridgehead atoms. The summed E-state index contributed by atoms with van der Waals surface area (Å²) < 4.78 is 17.6. The monoisotopic (exact) mass is 495 g/mol. The van der Waals surface area contributed by atoms with Gasteiger partial charge in [-0.25, -0.2) is 0 Å². The van der Waals surface area contributed by atoms with Crippen molar-refractivity contribution in [3.63, 3.8) is 0 Å². The van der Waals surface area contributed by atoms with Crippen molar-refractivity contribution in [2.75, 3.05) is 27.9 Å². The Bertz CT molecular complexity index is 387. The van der Waals surface area contributed by atoms with Crippen LogP contribution in [-0.4, -0.2) is 42.2 Å². The highest BCUT2D eigenvalue weighted by Crippen LogP contribution is 2.36. The maximum atomic E-state index is 5.88. The molecule has 4 nitrogen and oxygen atoms in total. The maximum Gasteiger partial charge on any atom is 0.503 e. The van der Waals surface area contributed by atoms with Crippen LogP contribution in [0.1, 0.15) is 130 Å². The number of halogens is 1. The Morgan fingerprint density at radius 2 is 1.06 bits per heavy atom. The van der Waals surface area contributed by atoms with Crippen LogP contribution in [0.3, 0.4) is 0 Å². The Morgan fingerprint density at radius 3 is 1.44 bits per heavy atom. The van der Waals surface area contributed by atoms with Gasteiger partial charge >= 0.3 is 8.80 Å². The number of hydrogen-bond donors (Lipinski definition) is 1. The van der Waals surface area contributed by atoms with Crippen molar-refractivity contribution in [2.45, 2.75) is 142 Å². The van der Waals surface area contributed by atoms with Gasteiger partial charge in [-0.2, -0.15) is 0 Å². The van der Waals surface area contributed by atoms with E-state index in [0.29, 0.717) is 5.54 Å². The number of hydrogen-bond acceptors (Lipinski definition) is 4. The molecule has 0 rings (SSSR count). The molecule has 0 aliphatic carbocycles. The van der Waals surface area contributed by atoms with Crippen molar-refractivity contribution in [3.8, 4) is 0 Å². The van der Waals surface area contributed by atoms with Crippen LogP contribution in [0.4, 0.5) is 0 Å².